The van der Waals surface area contributed by atoms with E-state index < -0.39 is 0 Å². The van der Waals surface area contributed by atoms with Gasteiger partial charge in [0.05, 0.1) is 11.1 Å². The molecule has 3 fully saturated rings. The summed E-state index contributed by atoms with van der Waals surface area (Å²) in [5.74, 6) is 0.715. The molecule has 1 saturated carbocycles. The number of hydrogen-bond donors (Lipinski definition) is 1. The van der Waals surface area contributed by atoms with E-state index in [0.717, 1.165) is 69.9 Å². The van der Waals surface area contributed by atoms with Crippen LogP contribution >= 0.6 is 0 Å². The van der Waals surface area contributed by atoms with Gasteiger partial charge in [0, 0.05) is 26.2 Å². The molecule has 2 amide bonds. The molecule has 2 N–H and O–H groups in total. The predicted molar refractivity (Wildman–Crippen MR) is 107 cm³/mol. The third-order valence-corrected chi connectivity index (χ3v) is 7.14. The van der Waals surface area contributed by atoms with Gasteiger partial charge in [0.15, 0.2) is 0 Å². The van der Waals surface area contributed by atoms with E-state index in [1.165, 1.54) is 12.8 Å². The second kappa shape index (κ2) is 7.50. The molecule has 3 aliphatic rings. The van der Waals surface area contributed by atoms with Crippen LogP contribution in [0.1, 0.15) is 61.1 Å². The van der Waals surface area contributed by atoms with Gasteiger partial charge in [0.2, 0.25) is 5.91 Å². The molecular formula is C21H33N5O2. The van der Waals surface area contributed by atoms with Crippen molar-refractivity contribution in [2.75, 3.05) is 26.2 Å². The third kappa shape index (κ3) is 3.81. The molecule has 1 aliphatic carbocycles. The molecule has 4 rings (SSSR count). The zero-order valence-electron chi connectivity index (χ0n) is 17.2. The van der Waals surface area contributed by atoms with Crippen molar-refractivity contribution in [3.63, 3.8) is 0 Å². The summed E-state index contributed by atoms with van der Waals surface area (Å²) in [6.07, 6.45) is 7.30. The van der Waals surface area contributed by atoms with E-state index in [-0.39, 0.29) is 17.2 Å². The van der Waals surface area contributed by atoms with Gasteiger partial charge in [-0.2, -0.15) is 5.10 Å². The van der Waals surface area contributed by atoms with Crippen molar-refractivity contribution in [2.45, 2.75) is 57.9 Å². The summed E-state index contributed by atoms with van der Waals surface area (Å²) in [4.78, 5) is 29.4. The van der Waals surface area contributed by atoms with Crippen molar-refractivity contribution in [3.05, 3.63) is 17.5 Å². The summed E-state index contributed by atoms with van der Waals surface area (Å²) < 4.78 is 1.68. The molecule has 2 aliphatic heterocycles. The van der Waals surface area contributed by atoms with Gasteiger partial charge in [0.25, 0.3) is 5.91 Å². The lowest BCUT2D eigenvalue weighted by molar-refractivity contribution is -0.132. The molecule has 0 spiro atoms. The second-order valence-electron chi connectivity index (χ2n) is 9.15. The van der Waals surface area contributed by atoms with Gasteiger partial charge in [-0.25, -0.2) is 0 Å². The van der Waals surface area contributed by atoms with E-state index in [2.05, 4.69) is 10.00 Å². The Morgan fingerprint density at radius 2 is 1.79 bits per heavy atom. The maximum Gasteiger partial charge on any atom is 0.272 e. The van der Waals surface area contributed by atoms with Crippen LogP contribution in [0, 0.1) is 18.3 Å². The quantitative estimate of drug-likeness (QED) is 0.833. The molecule has 2 saturated heterocycles. The van der Waals surface area contributed by atoms with E-state index in [4.69, 9.17) is 5.73 Å². The molecule has 0 radical (unpaired) electrons. The van der Waals surface area contributed by atoms with Crippen molar-refractivity contribution < 1.29 is 9.59 Å². The summed E-state index contributed by atoms with van der Waals surface area (Å²) in [6, 6.07) is 2.37. The highest BCUT2D eigenvalue weighted by molar-refractivity contribution is 5.92. The van der Waals surface area contributed by atoms with E-state index in [0.29, 0.717) is 11.7 Å². The zero-order chi connectivity index (χ0) is 19.9. The van der Waals surface area contributed by atoms with Gasteiger partial charge in [0.1, 0.15) is 5.69 Å². The smallest absolute Gasteiger partial charge is 0.272 e. The molecular weight excluding hydrogens is 354 g/mol. The van der Waals surface area contributed by atoms with Crippen LogP contribution in [0.15, 0.2) is 6.07 Å². The number of amides is 2. The number of aryl methyl sites for hydroxylation is 2. The number of likely N-dealkylation sites (tertiary alicyclic amines) is 2. The van der Waals surface area contributed by atoms with Gasteiger partial charge < -0.3 is 15.5 Å². The van der Waals surface area contributed by atoms with Crippen LogP contribution in [0.4, 0.5) is 0 Å². The number of aromatic nitrogens is 2. The predicted octanol–water partition coefficient (Wildman–Crippen LogP) is 1.70. The largest absolute Gasteiger partial charge is 0.369 e. The van der Waals surface area contributed by atoms with Crippen molar-refractivity contribution in [1.82, 2.24) is 19.6 Å². The van der Waals surface area contributed by atoms with Crippen LogP contribution in [0.25, 0.3) is 0 Å². The summed E-state index contributed by atoms with van der Waals surface area (Å²) in [7, 11) is 1.83. The minimum absolute atomic E-state index is 0.0809. The number of carbonyl (C=O) groups is 2. The Hall–Kier alpha value is -1.89. The van der Waals surface area contributed by atoms with Gasteiger partial charge in [-0.3, -0.25) is 14.3 Å². The standard InChI is InChI=1S/C21H33N5O2/c1-15-13-18(24(2)23-15)19(27)26-9-5-17(6-10-26)25-11-7-21(8-12-25,20(22)28)14-16-3-4-16/h13,16-17H,3-12,14H2,1-2H3,(H2,22,28). The van der Waals surface area contributed by atoms with Crippen LogP contribution in [0.3, 0.4) is 0 Å². The topological polar surface area (TPSA) is 84.5 Å². The lowest BCUT2D eigenvalue weighted by Gasteiger charge is -2.45. The summed E-state index contributed by atoms with van der Waals surface area (Å²) in [5, 5.41) is 4.29. The normalized spacial score (nSPS) is 23.7. The van der Waals surface area contributed by atoms with Crippen molar-refractivity contribution in [2.24, 2.45) is 24.1 Å². The first-order valence-corrected chi connectivity index (χ1v) is 10.7. The molecule has 0 unspecified atom stereocenters. The summed E-state index contributed by atoms with van der Waals surface area (Å²) in [5.41, 5.74) is 7.08. The van der Waals surface area contributed by atoms with E-state index in [9.17, 15) is 9.59 Å². The van der Waals surface area contributed by atoms with Gasteiger partial charge >= 0.3 is 0 Å². The number of carbonyl (C=O) groups excluding carboxylic acids is 2. The Labute approximate surface area is 167 Å². The van der Waals surface area contributed by atoms with Crippen LogP contribution in [-0.4, -0.2) is 63.6 Å². The molecule has 0 atom stereocenters. The lowest BCUT2D eigenvalue weighted by Crippen LogP contribution is -2.53. The van der Waals surface area contributed by atoms with Crippen LogP contribution in [0.5, 0.6) is 0 Å². The Balaban J connectivity index is 1.30. The maximum atomic E-state index is 12.8. The Kier molecular flexibility index (Phi) is 5.21. The first-order valence-electron chi connectivity index (χ1n) is 10.7. The monoisotopic (exact) mass is 387 g/mol. The van der Waals surface area contributed by atoms with Crippen LogP contribution in [-0.2, 0) is 11.8 Å². The minimum Gasteiger partial charge on any atom is -0.369 e. The fourth-order valence-electron chi connectivity index (χ4n) is 5.15. The molecule has 1 aromatic heterocycles. The Bertz CT molecular complexity index is 738. The van der Waals surface area contributed by atoms with Crippen LogP contribution in [0.2, 0.25) is 0 Å². The Morgan fingerprint density at radius 1 is 1.14 bits per heavy atom. The molecule has 7 nitrogen and oxygen atoms in total. The first-order chi connectivity index (χ1) is 13.4. The molecule has 0 aromatic carbocycles. The molecule has 3 heterocycles. The molecule has 7 heteroatoms. The second-order valence-corrected chi connectivity index (χ2v) is 9.15. The van der Waals surface area contributed by atoms with Crippen molar-refractivity contribution in [3.8, 4) is 0 Å². The molecule has 1 aromatic rings. The van der Waals surface area contributed by atoms with Gasteiger partial charge in [-0.05, 0) is 64.1 Å². The van der Waals surface area contributed by atoms with E-state index in [1.54, 1.807) is 4.68 Å². The lowest BCUT2D eigenvalue weighted by atomic mass is 9.73. The van der Waals surface area contributed by atoms with Crippen molar-refractivity contribution in [1.29, 1.82) is 0 Å². The first kappa shape index (κ1) is 19.4. The fourth-order valence-corrected chi connectivity index (χ4v) is 5.15. The van der Waals surface area contributed by atoms with E-state index >= 15 is 0 Å². The number of piperidine rings is 2. The highest BCUT2D eigenvalue weighted by atomic mass is 16.2. The number of nitrogens with zero attached hydrogens (tertiary/aromatic N) is 4. The average molecular weight is 388 g/mol. The molecule has 0 bridgehead atoms. The summed E-state index contributed by atoms with van der Waals surface area (Å²) >= 11 is 0. The average Bonchev–Trinajstić information content (AvgIpc) is 3.43. The van der Waals surface area contributed by atoms with Gasteiger partial charge in [-0.1, -0.05) is 12.8 Å². The number of rotatable bonds is 5. The number of hydrogen-bond acceptors (Lipinski definition) is 4. The minimum atomic E-state index is -0.272. The fraction of sp³-hybridized carbons (Fsp3) is 0.762. The Morgan fingerprint density at radius 3 is 2.29 bits per heavy atom. The summed E-state index contributed by atoms with van der Waals surface area (Å²) in [6.45, 7) is 5.39. The maximum absolute atomic E-state index is 12.8. The molecule has 28 heavy (non-hydrogen) atoms. The zero-order valence-corrected chi connectivity index (χ0v) is 17.2. The van der Waals surface area contributed by atoms with Gasteiger partial charge in [-0.15, -0.1) is 0 Å². The number of primary amides is 1. The highest BCUT2D eigenvalue weighted by Crippen LogP contribution is 2.46. The third-order valence-electron chi connectivity index (χ3n) is 7.14. The number of nitrogens with two attached hydrogens (primary N) is 1. The van der Waals surface area contributed by atoms with Crippen molar-refractivity contribution >= 4 is 11.8 Å². The van der Waals surface area contributed by atoms with E-state index in [1.807, 2.05) is 24.9 Å². The SMILES string of the molecule is Cc1cc(C(=O)N2CCC(N3CCC(CC4CC4)(C(N)=O)CC3)CC2)n(C)n1. The van der Waals surface area contributed by atoms with Crippen LogP contribution < -0.4 is 5.73 Å². The highest BCUT2D eigenvalue weighted by Gasteiger charge is 2.44. The molecule has 154 valence electrons.